The van der Waals surface area contributed by atoms with Gasteiger partial charge in [-0.25, -0.2) is 4.79 Å². The first-order chi connectivity index (χ1) is 11.2. The van der Waals surface area contributed by atoms with Crippen LogP contribution in [0, 0.1) is 13.8 Å². The van der Waals surface area contributed by atoms with Crippen molar-refractivity contribution in [3.8, 4) is 5.75 Å². The summed E-state index contributed by atoms with van der Waals surface area (Å²) in [5, 5.41) is 0. The molecule has 0 radical (unpaired) electrons. The zero-order chi connectivity index (χ0) is 17.7. The minimum Gasteiger partial charge on any atom is -0.429 e. The highest BCUT2D eigenvalue weighted by atomic mass is 28.3. The number of aryl methyl sites for hydroxylation is 2. The van der Waals surface area contributed by atoms with Crippen LogP contribution in [0.4, 0.5) is 4.79 Å². The zero-order valence-electron chi connectivity index (χ0n) is 15.2. The van der Waals surface area contributed by atoms with Crippen molar-refractivity contribution in [2.75, 3.05) is 0 Å². The molecule has 0 aliphatic carbocycles. The number of hydrogen-bond donors (Lipinski definition) is 0. The van der Waals surface area contributed by atoms with E-state index in [9.17, 15) is 4.79 Å². The van der Waals surface area contributed by atoms with Crippen LogP contribution in [0.15, 0.2) is 42.5 Å². The van der Waals surface area contributed by atoms with Crippen molar-refractivity contribution in [2.24, 2.45) is 0 Å². The second kappa shape index (κ2) is 7.66. The van der Waals surface area contributed by atoms with Gasteiger partial charge >= 0.3 is 6.16 Å². The third kappa shape index (κ3) is 5.53. The van der Waals surface area contributed by atoms with Gasteiger partial charge in [0.15, 0.2) is 0 Å². The summed E-state index contributed by atoms with van der Waals surface area (Å²) >= 11 is 0. The molecule has 0 spiro atoms. The molecule has 0 N–H and O–H groups in total. The molecule has 0 atom stereocenters. The van der Waals surface area contributed by atoms with Crippen molar-refractivity contribution in [3.63, 3.8) is 0 Å². The Morgan fingerprint density at radius 1 is 0.958 bits per heavy atom. The Morgan fingerprint density at radius 3 is 2.12 bits per heavy atom. The second-order valence-electron chi connectivity index (χ2n) is 7.40. The van der Waals surface area contributed by atoms with Crippen LogP contribution in [0.5, 0.6) is 5.75 Å². The van der Waals surface area contributed by atoms with Crippen LogP contribution >= 0.6 is 0 Å². The minimum atomic E-state index is -1.26. The van der Waals surface area contributed by atoms with Crippen molar-refractivity contribution in [1.29, 1.82) is 0 Å². The van der Waals surface area contributed by atoms with Gasteiger partial charge < -0.3 is 9.47 Å². The molecule has 24 heavy (non-hydrogen) atoms. The standard InChI is InChI=1S/C20H26O3Si/c1-15-11-17(18(12-16(15)2)14-24(3,4)5)13-22-20(21)23-19-9-7-6-8-10-19/h6-12H,13-14H2,1-5H3. The Morgan fingerprint density at radius 2 is 1.54 bits per heavy atom. The van der Waals surface area contributed by atoms with Crippen LogP contribution in [0.3, 0.4) is 0 Å². The van der Waals surface area contributed by atoms with Gasteiger partial charge in [0.05, 0.1) is 0 Å². The Labute approximate surface area is 145 Å². The van der Waals surface area contributed by atoms with Gasteiger partial charge in [-0.1, -0.05) is 50.0 Å². The number of benzene rings is 2. The van der Waals surface area contributed by atoms with Crippen LogP contribution in [0.25, 0.3) is 0 Å². The number of ether oxygens (including phenoxy) is 2. The number of carbonyl (C=O) groups excluding carboxylic acids is 1. The fourth-order valence-corrected chi connectivity index (χ4v) is 4.03. The van der Waals surface area contributed by atoms with E-state index >= 15 is 0 Å². The third-order valence-electron chi connectivity index (χ3n) is 3.83. The monoisotopic (exact) mass is 342 g/mol. The molecule has 0 fully saturated rings. The van der Waals surface area contributed by atoms with Crippen LogP contribution in [0.1, 0.15) is 22.3 Å². The minimum absolute atomic E-state index is 0.243. The molecule has 0 unspecified atom stereocenters. The van der Waals surface area contributed by atoms with Crippen molar-refractivity contribution in [1.82, 2.24) is 0 Å². The van der Waals surface area contributed by atoms with Crippen molar-refractivity contribution in [3.05, 3.63) is 64.7 Å². The van der Waals surface area contributed by atoms with Crippen LogP contribution in [0.2, 0.25) is 19.6 Å². The molecule has 0 saturated heterocycles. The molecule has 0 amide bonds. The van der Waals surface area contributed by atoms with Crippen LogP contribution < -0.4 is 4.74 Å². The van der Waals surface area contributed by atoms with Gasteiger partial charge in [0.1, 0.15) is 12.4 Å². The van der Waals surface area contributed by atoms with Crippen molar-refractivity contribution in [2.45, 2.75) is 46.1 Å². The summed E-state index contributed by atoms with van der Waals surface area (Å²) in [6.45, 7) is 11.5. The van der Waals surface area contributed by atoms with E-state index in [0.717, 1.165) is 11.6 Å². The van der Waals surface area contributed by atoms with Gasteiger partial charge in [-0.3, -0.25) is 0 Å². The second-order valence-corrected chi connectivity index (χ2v) is 12.9. The molecule has 128 valence electrons. The average Bonchev–Trinajstić information content (AvgIpc) is 2.49. The Balaban J connectivity index is 2.08. The van der Waals surface area contributed by atoms with Crippen molar-refractivity contribution < 1.29 is 14.3 Å². The fraction of sp³-hybridized carbons (Fsp3) is 0.350. The molecule has 3 nitrogen and oxygen atoms in total. The summed E-state index contributed by atoms with van der Waals surface area (Å²) in [6, 6.07) is 14.4. The molecule has 2 rings (SSSR count). The Bertz CT molecular complexity index is 703. The summed E-state index contributed by atoms with van der Waals surface area (Å²) in [5.41, 5.74) is 4.85. The molecule has 0 aliphatic rings. The van der Waals surface area contributed by atoms with E-state index in [1.165, 1.54) is 16.7 Å². The number of carbonyl (C=O) groups is 1. The third-order valence-corrected chi connectivity index (χ3v) is 5.27. The van der Waals surface area contributed by atoms with E-state index < -0.39 is 14.2 Å². The average molecular weight is 343 g/mol. The molecule has 0 aromatic heterocycles. The van der Waals surface area contributed by atoms with Gasteiger partial charge in [-0.15, -0.1) is 0 Å². The summed E-state index contributed by atoms with van der Waals surface area (Å²) in [6.07, 6.45) is -0.668. The first-order valence-electron chi connectivity index (χ1n) is 8.23. The highest BCUT2D eigenvalue weighted by Gasteiger charge is 2.18. The van der Waals surface area contributed by atoms with E-state index in [1.807, 2.05) is 18.2 Å². The summed E-state index contributed by atoms with van der Waals surface area (Å²) in [7, 11) is -1.26. The van der Waals surface area contributed by atoms with Gasteiger partial charge in [0.25, 0.3) is 0 Å². The predicted molar refractivity (Wildman–Crippen MR) is 100 cm³/mol. The van der Waals surface area contributed by atoms with Gasteiger partial charge in [-0.05, 0) is 54.3 Å². The molecule has 0 aliphatic heterocycles. The normalized spacial score (nSPS) is 11.2. The molecular weight excluding hydrogens is 316 g/mol. The van der Waals surface area contributed by atoms with E-state index in [4.69, 9.17) is 9.47 Å². The van der Waals surface area contributed by atoms with Crippen molar-refractivity contribution >= 4 is 14.2 Å². The maximum atomic E-state index is 11.9. The first kappa shape index (κ1) is 18.3. The zero-order valence-corrected chi connectivity index (χ0v) is 16.2. The summed E-state index contributed by atoms with van der Waals surface area (Å²) in [4.78, 5) is 11.9. The molecule has 2 aromatic rings. The van der Waals surface area contributed by atoms with Gasteiger partial charge in [0.2, 0.25) is 0 Å². The molecule has 0 saturated carbocycles. The lowest BCUT2D eigenvalue weighted by atomic mass is 10.0. The smallest absolute Gasteiger partial charge is 0.429 e. The first-order valence-corrected chi connectivity index (χ1v) is 11.9. The summed E-state index contributed by atoms with van der Waals surface area (Å²) in [5.74, 6) is 0.491. The highest BCUT2D eigenvalue weighted by molar-refractivity contribution is 6.75. The summed E-state index contributed by atoms with van der Waals surface area (Å²) < 4.78 is 10.5. The fourth-order valence-electron chi connectivity index (χ4n) is 2.56. The van der Waals surface area contributed by atoms with Gasteiger partial charge in [-0.2, -0.15) is 0 Å². The highest BCUT2D eigenvalue weighted by Crippen LogP contribution is 2.22. The van der Waals surface area contributed by atoms with E-state index in [0.29, 0.717) is 5.75 Å². The Kier molecular flexibility index (Phi) is 5.83. The molecule has 0 heterocycles. The largest absolute Gasteiger partial charge is 0.514 e. The molecule has 0 bridgehead atoms. The SMILES string of the molecule is Cc1cc(COC(=O)Oc2ccccc2)c(C[Si](C)(C)C)cc1C. The lowest BCUT2D eigenvalue weighted by Gasteiger charge is -2.20. The Hall–Kier alpha value is -2.07. The van der Waals surface area contributed by atoms with Crippen LogP contribution in [-0.2, 0) is 17.4 Å². The number of rotatable bonds is 5. The maximum Gasteiger partial charge on any atom is 0.514 e. The number of para-hydroxylation sites is 1. The number of hydrogen-bond acceptors (Lipinski definition) is 3. The lowest BCUT2D eigenvalue weighted by molar-refractivity contribution is 0.0926. The quantitative estimate of drug-likeness (QED) is 0.412. The maximum absolute atomic E-state index is 11.9. The topological polar surface area (TPSA) is 35.5 Å². The molecule has 4 heteroatoms. The van der Waals surface area contributed by atoms with E-state index in [1.54, 1.807) is 12.1 Å². The molecule has 2 aromatic carbocycles. The predicted octanol–water partition coefficient (Wildman–Crippen LogP) is 5.44. The van der Waals surface area contributed by atoms with Gasteiger partial charge in [0, 0.05) is 8.07 Å². The van der Waals surface area contributed by atoms with Crippen LogP contribution in [-0.4, -0.2) is 14.2 Å². The van der Waals surface area contributed by atoms with E-state index in [-0.39, 0.29) is 6.61 Å². The molecular formula is C20H26O3Si. The lowest BCUT2D eigenvalue weighted by Crippen LogP contribution is -2.25. The van der Waals surface area contributed by atoms with E-state index in [2.05, 4.69) is 45.6 Å².